The smallest absolute Gasteiger partial charge is 0.246 e. The van der Waals surface area contributed by atoms with Gasteiger partial charge in [0.2, 0.25) is 11.9 Å². The third-order valence-electron chi connectivity index (χ3n) is 5.41. The number of hydrogen-bond donors (Lipinski definition) is 1. The predicted octanol–water partition coefficient (Wildman–Crippen LogP) is 2.35. The van der Waals surface area contributed by atoms with E-state index >= 15 is 0 Å². The summed E-state index contributed by atoms with van der Waals surface area (Å²) >= 11 is 0. The number of fused-ring (bicyclic) bond motifs is 2. The van der Waals surface area contributed by atoms with Crippen molar-refractivity contribution in [2.24, 2.45) is 5.92 Å². The normalized spacial score (nSPS) is 15.3. The number of imidazole rings is 1. The Labute approximate surface area is 167 Å². The van der Waals surface area contributed by atoms with E-state index in [1.807, 2.05) is 28.9 Å². The summed E-state index contributed by atoms with van der Waals surface area (Å²) in [6.07, 6.45) is 11.2. The topological polar surface area (TPSA) is 93.2 Å². The molecular formula is C20H22N8O. The summed E-state index contributed by atoms with van der Waals surface area (Å²) in [6, 6.07) is 3.67. The third-order valence-corrected chi connectivity index (χ3v) is 5.41. The van der Waals surface area contributed by atoms with E-state index in [1.54, 1.807) is 23.3 Å². The van der Waals surface area contributed by atoms with Crippen LogP contribution in [0.15, 0.2) is 43.1 Å². The van der Waals surface area contributed by atoms with Crippen LogP contribution in [-0.4, -0.2) is 48.1 Å². The SMILES string of the molecule is CC1CCN(c2ncc3cnn(CC(=O)Nc4ccn5ccnc5c4)c3n2)CC1. The molecule has 0 atom stereocenters. The molecule has 1 aliphatic rings. The van der Waals surface area contributed by atoms with Crippen molar-refractivity contribution in [2.45, 2.75) is 26.3 Å². The highest BCUT2D eigenvalue weighted by Crippen LogP contribution is 2.21. The molecule has 0 spiro atoms. The second kappa shape index (κ2) is 7.16. The van der Waals surface area contributed by atoms with Gasteiger partial charge in [-0.15, -0.1) is 0 Å². The first-order chi connectivity index (χ1) is 14.2. The summed E-state index contributed by atoms with van der Waals surface area (Å²) in [5.74, 6) is 1.28. The van der Waals surface area contributed by atoms with Gasteiger partial charge in [-0.1, -0.05) is 6.92 Å². The summed E-state index contributed by atoms with van der Waals surface area (Å²) < 4.78 is 3.51. The van der Waals surface area contributed by atoms with Crippen LogP contribution in [-0.2, 0) is 11.3 Å². The molecule has 5 rings (SSSR count). The Morgan fingerprint density at radius 2 is 2.07 bits per heavy atom. The van der Waals surface area contributed by atoms with Crippen molar-refractivity contribution in [3.8, 4) is 0 Å². The van der Waals surface area contributed by atoms with Crippen LogP contribution in [0.4, 0.5) is 11.6 Å². The van der Waals surface area contributed by atoms with Gasteiger partial charge in [0.15, 0.2) is 5.65 Å². The number of anilines is 2. The van der Waals surface area contributed by atoms with Gasteiger partial charge in [-0.05, 0) is 24.8 Å². The van der Waals surface area contributed by atoms with Crippen molar-refractivity contribution in [1.29, 1.82) is 0 Å². The van der Waals surface area contributed by atoms with Crippen LogP contribution >= 0.6 is 0 Å². The lowest BCUT2D eigenvalue weighted by atomic mass is 10.00. The minimum absolute atomic E-state index is 0.0800. The second-order valence-corrected chi connectivity index (χ2v) is 7.58. The monoisotopic (exact) mass is 390 g/mol. The van der Waals surface area contributed by atoms with Crippen molar-refractivity contribution in [2.75, 3.05) is 23.3 Å². The van der Waals surface area contributed by atoms with Crippen LogP contribution in [0.1, 0.15) is 19.8 Å². The molecule has 4 aromatic rings. The number of amides is 1. The molecule has 0 saturated carbocycles. The molecule has 0 unspecified atom stereocenters. The number of nitrogens with zero attached hydrogens (tertiary/aromatic N) is 7. The van der Waals surface area contributed by atoms with Crippen LogP contribution in [0.2, 0.25) is 0 Å². The molecule has 5 heterocycles. The molecule has 1 saturated heterocycles. The van der Waals surface area contributed by atoms with Crippen molar-refractivity contribution < 1.29 is 4.79 Å². The van der Waals surface area contributed by atoms with Gasteiger partial charge in [0.1, 0.15) is 12.2 Å². The lowest BCUT2D eigenvalue weighted by molar-refractivity contribution is -0.116. The molecule has 1 aliphatic heterocycles. The minimum Gasteiger partial charge on any atom is -0.341 e. The maximum Gasteiger partial charge on any atom is 0.246 e. The fourth-order valence-corrected chi connectivity index (χ4v) is 3.66. The fourth-order valence-electron chi connectivity index (χ4n) is 3.66. The van der Waals surface area contributed by atoms with Crippen molar-refractivity contribution >= 4 is 34.2 Å². The van der Waals surface area contributed by atoms with E-state index in [2.05, 4.69) is 32.2 Å². The van der Waals surface area contributed by atoms with Crippen molar-refractivity contribution in [3.05, 3.63) is 43.1 Å². The van der Waals surface area contributed by atoms with Crippen molar-refractivity contribution in [3.63, 3.8) is 0 Å². The summed E-state index contributed by atoms with van der Waals surface area (Å²) in [5, 5.41) is 8.06. The lowest BCUT2D eigenvalue weighted by Gasteiger charge is -2.30. The van der Waals surface area contributed by atoms with Gasteiger partial charge in [0.25, 0.3) is 0 Å². The standard InChI is InChI=1S/C20H22N8O/c1-14-2-6-27(7-3-14)20-22-11-15-12-23-28(19(15)25-20)13-18(29)24-16-4-8-26-9-5-21-17(26)10-16/h4-5,8-12,14H,2-3,6-7,13H2,1H3,(H,24,29). The molecule has 0 radical (unpaired) electrons. The maximum absolute atomic E-state index is 12.6. The molecule has 1 amide bonds. The molecule has 29 heavy (non-hydrogen) atoms. The maximum atomic E-state index is 12.6. The van der Waals surface area contributed by atoms with Crippen LogP contribution in [0.3, 0.4) is 0 Å². The Morgan fingerprint density at radius 1 is 1.21 bits per heavy atom. The first-order valence-corrected chi connectivity index (χ1v) is 9.82. The molecule has 0 bridgehead atoms. The number of pyridine rings is 1. The van der Waals surface area contributed by atoms with E-state index in [1.165, 1.54) is 0 Å². The second-order valence-electron chi connectivity index (χ2n) is 7.58. The highest BCUT2D eigenvalue weighted by atomic mass is 16.2. The summed E-state index contributed by atoms with van der Waals surface area (Å²) in [6.45, 7) is 4.27. The number of hydrogen-bond acceptors (Lipinski definition) is 6. The molecule has 9 nitrogen and oxygen atoms in total. The van der Waals surface area contributed by atoms with E-state index in [9.17, 15) is 4.79 Å². The molecule has 4 aromatic heterocycles. The Bertz CT molecular complexity index is 1170. The van der Waals surface area contributed by atoms with Crippen LogP contribution < -0.4 is 10.2 Å². The zero-order valence-electron chi connectivity index (χ0n) is 16.2. The van der Waals surface area contributed by atoms with Crippen molar-refractivity contribution in [1.82, 2.24) is 29.1 Å². The summed E-state index contributed by atoms with van der Waals surface area (Å²) in [4.78, 5) is 28.2. The van der Waals surface area contributed by atoms with Gasteiger partial charge in [0, 0.05) is 49.6 Å². The first kappa shape index (κ1) is 17.6. The van der Waals surface area contributed by atoms with E-state index < -0.39 is 0 Å². The number of carbonyl (C=O) groups is 1. The Balaban J connectivity index is 1.34. The van der Waals surface area contributed by atoms with E-state index in [-0.39, 0.29) is 12.5 Å². The molecule has 0 aliphatic carbocycles. The molecule has 148 valence electrons. The van der Waals surface area contributed by atoms with E-state index in [0.29, 0.717) is 17.3 Å². The Kier molecular flexibility index (Phi) is 4.34. The highest BCUT2D eigenvalue weighted by Gasteiger charge is 2.19. The largest absolute Gasteiger partial charge is 0.341 e. The highest BCUT2D eigenvalue weighted by molar-refractivity contribution is 5.91. The number of carbonyl (C=O) groups excluding carboxylic acids is 1. The Morgan fingerprint density at radius 3 is 2.93 bits per heavy atom. The summed E-state index contributed by atoms with van der Waals surface area (Å²) in [7, 11) is 0. The molecular weight excluding hydrogens is 368 g/mol. The van der Waals surface area contributed by atoms with Gasteiger partial charge < -0.3 is 14.6 Å². The van der Waals surface area contributed by atoms with Crippen LogP contribution in [0.5, 0.6) is 0 Å². The quantitative estimate of drug-likeness (QED) is 0.575. The zero-order chi connectivity index (χ0) is 19.8. The molecule has 0 aromatic carbocycles. The molecule has 1 fully saturated rings. The minimum atomic E-state index is -0.169. The van der Waals surface area contributed by atoms with Crippen LogP contribution in [0, 0.1) is 5.92 Å². The van der Waals surface area contributed by atoms with Gasteiger partial charge in [0.05, 0.1) is 11.6 Å². The Hall–Kier alpha value is -3.49. The first-order valence-electron chi connectivity index (χ1n) is 9.82. The number of nitrogens with one attached hydrogen (secondary N) is 1. The lowest BCUT2D eigenvalue weighted by Crippen LogP contribution is -2.34. The number of rotatable bonds is 4. The van der Waals surface area contributed by atoms with E-state index in [0.717, 1.165) is 42.9 Å². The summed E-state index contributed by atoms with van der Waals surface area (Å²) in [5.41, 5.74) is 2.15. The van der Waals surface area contributed by atoms with Gasteiger partial charge in [-0.3, -0.25) is 4.79 Å². The predicted molar refractivity (Wildman–Crippen MR) is 110 cm³/mol. The van der Waals surface area contributed by atoms with Gasteiger partial charge in [-0.2, -0.15) is 10.1 Å². The number of piperidine rings is 1. The van der Waals surface area contributed by atoms with Gasteiger partial charge in [-0.25, -0.2) is 14.6 Å². The molecule has 9 heteroatoms. The zero-order valence-corrected chi connectivity index (χ0v) is 16.2. The molecule has 1 N–H and O–H groups in total. The third kappa shape index (κ3) is 3.51. The van der Waals surface area contributed by atoms with E-state index in [4.69, 9.17) is 4.98 Å². The average molecular weight is 390 g/mol. The fraction of sp³-hybridized carbons (Fsp3) is 0.350. The average Bonchev–Trinajstić information content (AvgIpc) is 3.35. The van der Waals surface area contributed by atoms with Crippen LogP contribution in [0.25, 0.3) is 16.7 Å². The number of aromatic nitrogens is 6. The van der Waals surface area contributed by atoms with Gasteiger partial charge >= 0.3 is 0 Å².